The van der Waals surface area contributed by atoms with Crippen molar-refractivity contribution in [1.82, 2.24) is 0 Å². The summed E-state index contributed by atoms with van der Waals surface area (Å²) in [5.74, 6) is 0. The van der Waals surface area contributed by atoms with E-state index in [2.05, 4.69) is 20.8 Å². The van der Waals surface area contributed by atoms with Crippen molar-refractivity contribution in [1.29, 1.82) is 0 Å². The molecule has 106 valence electrons. The van der Waals surface area contributed by atoms with Crippen LogP contribution in [0.3, 0.4) is 0 Å². The van der Waals surface area contributed by atoms with Crippen molar-refractivity contribution in [2.45, 2.75) is 77.2 Å². The molecule has 0 N–H and O–H groups in total. The second-order valence-corrected chi connectivity index (χ2v) is 6.09. The Morgan fingerprint density at radius 1 is 1.11 bits per heavy atom. The van der Waals surface area contributed by atoms with Crippen molar-refractivity contribution < 1.29 is 18.9 Å². The molecule has 4 nitrogen and oxygen atoms in total. The topological polar surface area (TPSA) is 36.9 Å². The third-order valence-electron chi connectivity index (χ3n) is 3.73. The van der Waals surface area contributed by atoms with Crippen molar-refractivity contribution in [2.24, 2.45) is 0 Å². The summed E-state index contributed by atoms with van der Waals surface area (Å²) in [5.41, 5.74) is -0.122. The highest BCUT2D eigenvalue weighted by atomic mass is 16.6. The zero-order valence-electron chi connectivity index (χ0n) is 12.1. The summed E-state index contributed by atoms with van der Waals surface area (Å²) in [6.07, 6.45) is 1.32. The van der Waals surface area contributed by atoms with E-state index in [1.807, 2.05) is 13.8 Å². The highest BCUT2D eigenvalue weighted by Crippen LogP contribution is 2.33. The summed E-state index contributed by atoms with van der Waals surface area (Å²) in [6.45, 7) is 11.6. The molecule has 0 aromatic heterocycles. The molecule has 0 spiro atoms. The summed E-state index contributed by atoms with van der Waals surface area (Å²) < 4.78 is 23.6. The minimum absolute atomic E-state index is 0.0274. The first kappa shape index (κ1) is 14.3. The molecule has 2 rings (SSSR count). The van der Waals surface area contributed by atoms with Crippen molar-refractivity contribution in [2.75, 3.05) is 13.2 Å². The normalized spacial score (nSPS) is 36.3. The number of rotatable bonds is 5. The van der Waals surface area contributed by atoms with E-state index in [0.717, 1.165) is 6.42 Å². The van der Waals surface area contributed by atoms with E-state index in [0.29, 0.717) is 13.2 Å². The van der Waals surface area contributed by atoms with Gasteiger partial charge in [0, 0.05) is 0 Å². The maximum Gasteiger partial charge on any atom is 0.115 e. The van der Waals surface area contributed by atoms with Gasteiger partial charge in [0.25, 0.3) is 0 Å². The van der Waals surface area contributed by atoms with Gasteiger partial charge < -0.3 is 18.9 Å². The zero-order chi connectivity index (χ0) is 13.3. The third kappa shape index (κ3) is 3.05. The van der Waals surface area contributed by atoms with E-state index in [-0.39, 0.29) is 36.1 Å². The molecule has 2 fully saturated rings. The molecule has 4 heteroatoms. The molecule has 0 bridgehead atoms. The molecule has 0 saturated carbocycles. The first-order valence-corrected chi connectivity index (χ1v) is 6.99. The summed E-state index contributed by atoms with van der Waals surface area (Å²) in [7, 11) is 0. The Labute approximate surface area is 110 Å². The predicted molar refractivity (Wildman–Crippen MR) is 68.7 cm³/mol. The van der Waals surface area contributed by atoms with E-state index in [9.17, 15) is 0 Å². The van der Waals surface area contributed by atoms with Crippen LogP contribution in [0.1, 0.15) is 41.0 Å². The molecule has 0 aliphatic carbocycles. The Bertz CT molecular complexity index is 277. The maximum absolute atomic E-state index is 6.11. The van der Waals surface area contributed by atoms with Crippen molar-refractivity contribution >= 4 is 0 Å². The van der Waals surface area contributed by atoms with Crippen LogP contribution in [0.4, 0.5) is 0 Å². The van der Waals surface area contributed by atoms with Crippen LogP contribution in [0.5, 0.6) is 0 Å². The number of ether oxygens (including phenoxy) is 4. The van der Waals surface area contributed by atoms with E-state index in [4.69, 9.17) is 18.9 Å². The fourth-order valence-corrected chi connectivity index (χ4v) is 2.49. The minimum Gasteiger partial charge on any atom is -0.370 e. The van der Waals surface area contributed by atoms with Gasteiger partial charge in [-0.15, -0.1) is 0 Å². The van der Waals surface area contributed by atoms with Crippen LogP contribution < -0.4 is 0 Å². The molecular formula is C14H26O4. The van der Waals surface area contributed by atoms with Gasteiger partial charge in [0.15, 0.2) is 0 Å². The molecule has 0 amide bonds. The third-order valence-corrected chi connectivity index (χ3v) is 3.73. The van der Waals surface area contributed by atoms with E-state index in [1.54, 1.807) is 0 Å². The Kier molecular flexibility index (Phi) is 4.32. The average molecular weight is 258 g/mol. The van der Waals surface area contributed by atoms with Crippen LogP contribution in [0.25, 0.3) is 0 Å². The standard InChI is InChI=1S/C14H26O4/c1-6-14(4,5)18-11-8-16-12-10(17-9(2)3)7-15-13(11)12/h9-13H,6-8H2,1-5H3. The second-order valence-electron chi connectivity index (χ2n) is 6.09. The van der Waals surface area contributed by atoms with Crippen LogP contribution in [-0.2, 0) is 18.9 Å². The quantitative estimate of drug-likeness (QED) is 0.757. The monoisotopic (exact) mass is 258 g/mol. The Morgan fingerprint density at radius 2 is 1.67 bits per heavy atom. The SMILES string of the molecule is CCC(C)(C)OC1COC2C(OC(C)C)COC12. The fraction of sp³-hybridized carbons (Fsp3) is 1.00. The molecule has 2 saturated heterocycles. The zero-order valence-corrected chi connectivity index (χ0v) is 12.1. The predicted octanol–water partition coefficient (Wildman–Crippen LogP) is 2.15. The first-order chi connectivity index (χ1) is 8.43. The molecule has 2 heterocycles. The summed E-state index contributed by atoms with van der Waals surface area (Å²) in [5, 5.41) is 0. The van der Waals surface area contributed by atoms with Gasteiger partial charge in [0.2, 0.25) is 0 Å². The summed E-state index contributed by atoms with van der Waals surface area (Å²) >= 11 is 0. The smallest absolute Gasteiger partial charge is 0.115 e. The molecule has 4 unspecified atom stereocenters. The van der Waals surface area contributed by atoms with Crippen LogP contribution in [0.2, 0.25) is 0 Å². The van der Waals surface area contributed by atoms with Crippen molar-refractivity contribution in [3.63, 3.8) is 0 Å². The lowest BCUT2D eigenvalue weighted by Crippen LogP contribution is -2.39. The lowest BCUT2D eigenvalue weighted by atomic mass is 10.0. The maximum atomic E-state index is 6.11. The fourth-order valence-electron chi connectivity index (χ4n) is 2.49. The molecule has 0 aromatic rings. The highest BCUT2D eigenvalue weighted by molar-refractivity contribution is 4.97. The Hall–Kier alpha value is -0.160. The Balaban J connectivity index is 1.92. The average Bonchev–Trinajstić information content (AvgIpc) is 2.83. The van der Waals surface area contributed by atoms with Crippen LogP contribution in [0.15, 0.2) is 0 Å². The lowest BCUT2D eigenvalue weighted by Gasteiger charge is -2.29. The first-order valence-electron chi connectivity index (χ1n) is 6.99. The lowest BCUT2D eigenvalue weighted by molar-refractivity contribution is -0.116. The van der Waals surface area contributed by atoms with Gasteiger partial charge in [-0.1, -0.05) is 6.92 Å². The van der Waals surface area contributed by atoms with Gasteiger partial charge in [-0.05, 0) is 34.1 Å². The number of hydrogen-bond donors (Lipinski definition) is 0. The minimum atomic E-state index is -0.122. The highest BCUT2D eigenvalue weighted by Gasteiger charge is 2.50. The molecular weight excluding hydrogens is 232 g/mol. The largest absolute Gasteiger partial charge is 0.370 e. The number of fused-ring (bicyclic) bond motifs is 1. The molecule has 0 aromatic carbocycles. The molecule has 4 atom stereocenters. The summed E-state index contributed by atoms with van der Waals surface area (Å²) in [6, 6.07) is 0. The molecule has 18 heavy (non-hydrogen) atoms. The number of hydrogen-bond acceptors (Lipinski definition) is 4. The van der Waals surface area contributed by atoms with Crippen LogP contribution in [0, 0.1) is 0 Å². The second kappa shape index (κ2) is 5.45. The van der Waals surface area contributed by atoms with Gasteiger partial charge in [-0.3, -0.25) is 0 Å². The van der Waals surface area contributed by atoms with Gasteiger partial charge in [-0.25, -0.2) is 0 Å². The van der Waals surface area contributed by atoms with Crippen LogP contribution in [-0.4, -0.2) is 49.3 Å². The van der Waals surface area contributed by atoms with Crippen LogP contribution >= 0.6 is 0 Å². The molecule has 2 aliphatic rings. The van der Waals surface area contributed by atoms with Gasteiger partial charge in [0.05, 0.1) is 24.9 Å². The van der Waals surface area contributed by atoms with Gasteiger partial charge >= 0.3 is 0 Å². The Morgan fingerprint density at radius 3 is 2.22 bits per heavy atom. The van der Waals surface area contributed by atoms with Gasteiger partial charge in [-0.2, -0.15) is 0 Å². The van der Waals surface area contributed by atoms with Gasteiger partial charge in [0.1, 0.15) is 24.4 Å². The van der Waals surface area contributed by atoms with Crippen molar-refractivity contribution in [3.05, 3.63) is 0 Å². The molecule has 2 aliphatic heterocycles. The molecule has 0 radical (unpaired) electrons. The van der Waals surface area contributed by atoms with E-state index < -0.39 is 0 Å². The van der Waals surface area contributed by atoms with E-state index >= 15 is 0 Å². The van der Waals surface area contributed by atoms with Crippen molar-refractivity contribution in [3.8, 4) is 0 Å². The van der Waals surface area contributed by atoms with E-state index in [1.165, 1.54) is 0 Å². The summed E-state index contributed by atoms with van der Waals surface area (Å²) in [4.78, 5) is 0.